The van der Waals surface area contributed by atoms with Crippen molar-refractivity contribution in [3.63, 3.8) is 0 Å². The predicted molar refractivity (Wildman–Crippen MR) is 106 cm³/mol. The van der Waals surface area contributed by atoms with Crippen LogP contribution in [0.25, 0.3) is 0 Å². The van der Waals surface area contributed by atoms with Crippen LogP contribution < -0.4 is 15.8 Å². The van der Waals surface area contributed by atoms with Crippen LogP contribution in [0.3, 0.4) is 0 Å². The van der Waals surface area contributed by atoms with E-state index in [-0.39, 0.29) is 53.7 Å². The minimum atomic E-state index is -4.73. The third-order valence-corrected chi connectivity index (χ3v) is 6.02. The first-order valence-corrected chi connectivity index (χ1v) is 10.1. The number of imide groups is 1. The lowest BCUT2D eigenvalue weighted by atomic mass is 9.85. The van der Waals surface area contributed by atoms with Gasteiger partial charge in [-0.25, -0.2) is 4.99 Å². The molecule has 3 aliphatic rings. The van der Waals surface area contributed by atoms with Crippen LogP contribution in [0.2, 0.25) is 0 Å². The highest BCUT2D eigenvalue weighted by atomic mass is 19.4. The fourth-order valence-electron chi connectivity index (χ4n) is 4.67. The van der Waals surface area contributed by atoms with Crippen molar-refractivity contribution in [2.24, 2.45) is 34.4 Å². The third-order valence-electron chi connectivity index (χ3n) is 6.02. The van der Waals surface area contributed by atoms with Crippen LogP contribution in [0, 0.1) is 23.7 Å². The molecule has 2 amide bonds. The van der Waals surface area contributed by atoms with E-state index in [0.717, 1.165) is 6.42 Å². The minimum Gasteiger partial charge on any atom is -0.406 e. The minimum absolute atomic E-state index is 0.0635. The molecule has 1 aliphatic heterocycles. The van der Waals surface area contributed by atoms with Gasteiger partial charge in [0.05, 0.1) is 18.4 Å². The first-order chi connectivity index (χ1) is 14.7. The largest absolute Gasteiger partial charge is 0.573 e. The normalized spacial score (nSPS) is 27.2. The lowest BCUT2D eigenvalue weighted by Gasteiger charge is -2.17. The Morgan fingerprint density at radius 1 is 1.13 bits per heavy atom. The molecule has 2 bridgehead atoms. The number of fused-ring (bicyclic) bond motifs is 5. The Morgan fingerprint density at radius 2 is 1.74 bits per heavy atom. The number of benzene rings is 1. The van der Waals surface area contributed by atoms with Crippen LogP contribution in [0.5, 0.6) is 5.75 Å². The Bertz CT molecular complexity index is 883. The molecule has 4 rings (SSSR count). The monoisotopic (exact) mass is 436 g/mol. The summed E-state index contributed by atoms with van der Waals surface area (Å²) in [6.45, 7) is 0.962. The van der Waals surface area contributed by atoms with Crippen LogP contribution in [0.4, 0.5) is 13.2 Å². The summed E-state index contributed by atoms with van der Waals surface area (Å²) in [5, 5.41) is 2.92. The van der Waals surface area contributed by atoms with Gasteiger partial charge in [-0.3, -0.25) is 14.5 Å². The number of carbonyl (C=O) groups excluding carboxylic acids is 2. The maximum Gasteiger partial charge on any atom is 0.573 e. The van der Waals surface area contributed by atoms with Crippen molar-refractivity contribution in [2.45, 2.75) is 25.7 Å². The summed E-state index contributed by atoms with van der Waals surface area (Å²) in [7, 11) is 0. The van der Waals surface area contributed by atoms with Gasteiger partial charge < -0.3 is 15.8 Å². The van der Waals surface area contributed by atoms with E-state index < -0.39 is 6.36 Å². The van der Waals surface area contributed by atoms with Crippen LogP contribution in [-0.2, 0) is 16.1 Å². The molecule has 1 heterocycles. The zero-order valence-corrected chi connectivity index (χ0v) is 16.6. The molecule has 4 unspecified atom stereocenters. The van der Waals surface area contributed by atoms with Gasteiger partial charge in [-0.15, -0.1) is 13.2 Å². The number of nitrogens with one attached hydrogen (secondary N) is 1. The molecule has 7 nitrogen and oxygen atoms in total. The molecule has 2 fully saturated rings. The van der Waals surface area contributed by atoms with Gasteiger partial charge in [0.2, 0.25) is 11.8 Å². The van der Waals surface area contributed by atoms with Gasteiger partial charge in [0.1, 0.15) is 5.75 Å². The van der Waals surface area contributed by atoms with Crippen LogP contribution in [0.1, 0.15) is 18.4 Å². The average molecular weight is 436 g/mol. The highest BCUT2D eigenvalue weighted by molar-refractivity contribution is 6.06. The van der Waals surface area contributed by atoms with Gasteiger partial charge in [-0.2, -0.15) is 0 Å². The van der Waals surface area contributed by atoms with E-state index in [1.807, 2.05) is 0 Å². The molecule has 1 saturated heterocycles. The molecule has 1 saturated carbocycles. The standard InChI is InChI=1S/C21H23F3N4O3/c22-21(23,24)31-15-6-2-12(3-7-15)11-27-20(25)26-8-1-9-28-18(29)16-13-4-5-14(10-13)17(16)19(28)30/h2-7,13-14,16-17H,1,8-11H2,(H3,25,26,27). The lowest BCUT2D eigenvalue weighted by Crippen LogP contribution is -2.37. The second-order valence-corrected chi connectivity index (χ2v) is 8.00. The fraction of sp³-hybridized carbons (Fsp3) is 0.476. The molecule has 1 aromatic carbocycles. The SMILES string of the molecule is NC(=NCc1ccc(OC(F)(F)F)cc1)NCCCN1C(=O)C2C3C=CC(C3)C2C1=O. The Hall–Kier alpha value is -3.04. The molecular weight excluding hydrogens is 413 g/mol. The van der Waals surface area contributed by atoms with E-state index in [2.05, 4.69) is 27.2 Å². The van der Waals surface area contributed by atoms with E-state index in [1.165, 1.54) is 29.2 Å². The summed E-state index contributed by atoms with van der Waals surface area (Å²) in [6, 6.07) is 5.37. The van der Waals surface area contributed by atoms with Crippen molar-refractivity contribution in [3.05, 3.63) is 42.0 Å². The first-order valence-electron chi connectivity index (χ1n) is 10.1. The molecule has 166 valence electrons. The predicted octanol–water partition coefficient (Wildman–Crippen LogP) is 2.19. The van der Waals surface area contributed by atoms with Crippen molar-refractivity contribution in [2.75, 3.05) is 13.1 Å². The number of ether oxygens (including phenoxy) is 1. The topological polar surface area (TPSA) is 97.0 Å². The number of likely N-dealkylation sites (tertiary alicyclic amines) is 1. The van der Waals surface area contributed by atoms with Crippen molar-refractivity contribution in [1.29, 1.82) is 0 Å². The lowest BCUT2D eigenvalue weighted by molar-refractivity contribution is -0.274. The second-order valence-electron chi connectivity index (χ2n) is 8.00. The van der Waals surface area contributed by atoms with Crippen molar-refractivity contribution in [1.82, 2.24) is 10.2 Å². The molecule has 31 heavy (non-hydrogen) atoms. The summed E-state index contributed by atoms with van der Waals surface area (Å²) in [5.41, 5.74) is 6.48. The molecular formula is C21H23F3N4O3. The summed E-state index contributed by atoms with van der Waals surface area (Å²) in [5.74, 6) is -0.222. The van der Waals surface area contributed by atoms with Gasteiger partial charge >= 0.3 is 6.36 Å². The molecule has 10 heteroatoms. The highest BCUT2D eigenvalue weighted by Gasteiger charge is 2.58. The smallest absolute Gasteiger partial charge is 0.406 e. The Balaban J connectivity index is 1.19. The van der Waals surface area contributed by atoms with Gasteiger partial charge in [0.25, 0.3) is 0 Å². The molecule has 1 aromatic rings. The first kappa shape index (κ1) is 21.2. The number of hydrogen-bond donors (Lipinski definition) is 2. The number of allylic oxidation sites excluding steroid dienone is 2. The van der Waals surface area contributed by atoms with E-state index in [4.69, 9.17) is 5.73 Å². The zero-order valence-electron chi connectivity index (χ0n) is 16.6. The van der Waals surface area contributed by atoms with Crippen LogP contribution >= 0.6 is 0 Å². The molecule has 0 radical (unpaired) electrons. The van der Waals surface area contributed by atoms with E-state index in [0.29, 0.717) is 25.1 Å². The number of alkyl halides is 3. The van der Waals surface area contributed by atoms with E-state index in [1.54, 1.807) is 0 Å². The third kappa shape index (κ3) is 4.52. The number of guanidine groups is 1. The van der Waals surface area contributed by atoms with Crippen LogP contribution in [0.15, 0.2) is 41.4 Å². The van der Waals surface area contributed by atoms with Crippen molar-refractivity contribution in [3.8, 4) is 5.75 Å². The number of nitrogens with zero attached hydrogens (tertiary/aromatic N) is 2. The number of aliphatic imine (C=N–C) groups is 1. The van der Waals surface area contributed by atoms with Gasteiger partial charge in [-0.1, -0.05) is 24.3 Å². The van der Waals surface area contributed by atoms with Crippen molar-refractivity contribution < 1.29 is 27.5 Å². The zero-order chi connectivity index (χ0) is 22.2. The van der Waals surface area contributed by atoms with Crippen molar-refractivity contribution >= 4 is 17.8 Å². The molecule has 3 N–H and O–H groups in total. The molecule has 4 atom stereocenters. The summed E-state index contributed by atoms with van der Waals surface area (Å²) in [4.78, 5) is 30.7. The summed E-state index contributed by atoms with van der Waals surface area (Å²) in [6.07, 6.45) is 0.854. The number of halogens is 3. The van der Waals surface area contributed by atoms with E-state index >= 15 is 0 Å². The van der Waals surface area contributed by atoms with Gasteiger partial charge in [0.15, 0.2) is 5.96 Å². The van der Waals surface area contributed by atoms with Gasteiger partial charge in [0, 0.05) is 13.1 Å². The average Bonchev–Trinajstić information content (AvgIpc) is 3.38. The molecule has 0 spiro atoms. The Labute approximate surface area is 177 Å². The molecule has 0 aromatic heterocycles. The second kappa shape index (κ2) is 8.24. The quantitative estimate of drug-likeness (QED) is 0.225. The number of rotatable bonds is 7. The fourth-order valence-corrected chi connectivity index (χ4v) is 4.67. The Kier molecular flexibility index (Phi) is 5.63. The number of nitrogens with two attached hydrogens (primary N) is 1. The maximum absolute atomic E-state index is 12.6. The number of carbonyl (C=O) groups is 2. The maximum atomic E-state index is 12.6. The number of hydrogen-bond acceptors (Lipinski definition) is 4. The number of amides is 2. The summed E-state index contributed by atoms with van der Waals surface area (Å²) < 4.78 is 40.3. The summed E-state index contributed by atoms with van der Waals surface area (Å²) >= 11 is 0. The van der Waals surface area contributed by atoms with E-state index in [9.17, 15) is 22.8 Å². The molecule has 2 aliphatic carbocycles. The van der Waals surface area contributed by atoms with Crippen LogP contribution in [-0.4, -0.2) is 42.1 Å². The van der Waals surface area contributed by atoms with Gasteiger partial charge in [-0.05, 0) is 42.4 Å². The Morgan fingerprint density at radius 3 is 2.32 bits per heavy atom. The highest BCUT2D eigenvalue weighted by Crippen LogP contribution is 2.52.